The van der Waals surface area contributed by atoms with Gasteiger partial charge in [0, 0.05) is 19.1 Å². The van der Waals surface area contributed by atoms with E-state index in [1.54, 1.807) is 0 Å². The lowest BCUT2D eigenvalue weighted by Crippen LogP contribution is -2.52. The Balaban J connectivity index is 1.52. The molecule has 1 aromatic carbocycles. The van der Waals surface area contributed by atoms with E-state index in [4.69, 9.17) is 5.73 Å². The van der Waals surface area contributed by atoms with Gasteiger partial charge in [-0.05, 0) is 62.9 Å². The van der Waals surface area contributed by atoms with Crippen molar-refractivity contribution in [2.24, 2.45) is 5.73 Å². The number of nitrogens with one attached hydrogen (secondary N) is 3. The summed E-state index contributed by atoms with van der Waals surface area (Å²) in [6.07, 6.45) is 4.00. The van der Waals surface area contributed by atoms with Gasteiger partial charge >= 0.3 is 0 Å². The van der Waals surface area contributed by atoms with Gasteiger partial charge in [0.05, 0.1) is 6.54 Å². The van der Waals surface area contributed by atoms with Gasteiger partial charge in [-0.2, -0.15) is 0 Å². The number of carbonyl (C=O) groups is 2. The second-order valence-electron chi connectivity index (χ2n) is 7.81. The standard InChI is InChI=1S/C21H33N5O2/c22-8-3-7-19(25-20(27)15-26-11-4-9-23-10-12-26)21(28)24-18-13-16-5-1-2-6-17(16)14-18/h1-2,5-6,18-19,23H,3-4,7-15,22H2,(H,24,28)(H,25,27)/t19-/m1/s1. The third kappa shape index (κ3) is 6.02. The molecule has 0 saturated carbocycles. The van der Waals surface area contributed by atoms with Crippen molar-refractivity contribution in [1.29, 1.82) is 0 Å². The molecule has 154 valence electrons. The molecule has 0 aromatic heterocycles. The first kappa shape index (κ1) is 20.8. The van der Waals surface area contributed by atoms with Crippen LogP contribution in [0.15, 0.2) is 24.3 Å². The van der Waals surface area contributed by atoms with Gasteiger partial charge in [0.25, 0.3) is 0 Å². The molecule has 7 heteroatoms. The fourth-order valence-corrected chi connectivity index (χ4v) is 4.06. The van der Waals surface area contributed by atoms with Gasteiger partial charge in [-0.1, -0.05) is 24.3 Å². The van der Waals surface area contributed by atoms with Gasteiger partial charge in [0.1, 0.15) is 6.04 Å². The molecule has 2 amide bonds. The van der Waals surface area contributed by atoms with E-state index >= 15 is 0 Å². The van der Waals surface area contributed by atoms with Crippen LogP contribution in [0.5, 0.6) is 0 Å². The maximum Gasteiger partial charge on any atom is 0.242 e. The van der Waals surface area contributed by atoms with Gasteiger partial charge in [0.2, 0.25) is 11.8 Å². The van der Waals surface area contributed by atoms with Gasteiger partial charge in [-0.25, -0.2) is 0 Å². The topological polar surface area (TPSA) is 99.5 Å². The van der Waals surface area contributed by atoms with E-state index < -0.39 is 6.04 Å². The van der Waals surface area contributed by atoms with E-state index in [1.807, 2.05) is 12.1 Å². The number of hydrogen-bond donors (Lipinski definition) is 4. The molecule has 0 unspecified atom stereocenters. The molecule has 1 saturated heterocycles. The zero-order valence-corrected chi connectivity index (χ0v) is 16.6. The van der Waals surface area contributed by atoms with Crippen molar-refractivity contribution in [3.05, 3.63) is 35.4 Å². The quantitative estimate of drug-likeness (QED) is 0.495. The zero-order valence-electron chi connectivity index (χ0n) is 16.6. The first-order chi connectivity index (χ1) is 13.7. The van der Waals surface area contributed by atoms with Gasteiger partial charge < -0.3 is 21.7 Å². The summed E-state index contributed by atoms with van der Waals surface area (Å²) in [5, 5.41) is 9.42. The summed E-state index contributed by atoms with van der Waals surface area (Å²) in [6.45, 7) is 4.49. The van der Waals surface area contributed by atoms with Crippen molar-refractivity contribution in [3.8, 4) is 0 Å². The Morgan fingerprint density at radius 2 is 1.93 bits per heavy atom. The van der Waals surface area contributed by atoms with Crippen LogP contribution in [0.2, 0.25) is 0 Å². The molecule has 1 fully saturated rings. The number of hydrogen-bond acceptors (Lipinski definition) is 5. The lowest BCUT2D eigenvalue weighted by molar-refractivity contribution is -0.130. The van der Waals surface area contributed by atoms with Crippen LogP contribution in [0.4, 0.5) is 0 Å². The zero-order chi connectivity index (χ0) is 19.8. The number of nitrogens with two attached hydrogens (primary N) is 1. The number of benzene rings is 1. The first-order valence-electron chi connectivity index (χ1n) is 10.5. The van der Waals surface area contributed by atoms with Crippen LogP contribution in [0, 0.1) is 0 Å². The van der Waals surface area contributed by atoms with Crippen molar-refractivity contribution < 1.29 is 9.59 Å². The van der Waals surface area contributed by atoms with Crippen LogP contribution in [-0.4, -0.2) is 68.1 Å². The number of carbonyl (C=O) groups excluding carboxylic acids is 2. The summed E-state index contributed by atoms with van der Waals surface area (Å²) in [7, 11) is 0. The van der Waals surface area contributed by atoms with Crippen LogP contribution in [0.1, 0.15) is 30.4 Å². The average molecular weight is 388 g/mol. The molecule has 5 N–H and O–H groups in total. The molecule has 1 aliphatic heterocycles. The summed E-state index contributed by atoms with van der Waals surface area (Å²) in [4.78, 5) is 27.5. The number of rotatable bonds is 8. The number of nitrogens with zero attached hydrogens (tertiary/aromatic N) is 1. The summed E-state index contributed by atoms with van der Waals surface area (Å²) < 4.78 is 0. The smallest absolute Gasteiger partial charge is 0.242 e. The van der Waals surface area contributed by atoms with Gasteiger partial charge in [-0.15, -0.1) is 0 Å². The van der Waals surface area contributed by atoms with E-state index in [-0.39, 0.29) is 17.9 Å². The summed E-state index contributed by atoms with van der Waals surface area (Å²) >= 11 is 0. The minimum Gasteiger partial charge on any atom is -0.351 e. The normalized spacial score (nSPS) is 18.9. The highest BCUT2D eigenvalue weighted by atomic mass is 16.2. The van der Waals surface area contributed by atoms with E-state index in [9.17, 15) is 9.59 Å². The first-order valence-corrected chi connectivity index (χ1v) is 10.5. The van der Waals surface area contributed by atoms with E-state index in [1.165, 1.54) is 11.1 Å². The highest BCUT2D eigenvalue weighted by molar-refractivity contribution is 5.88. The molecule has 0 bridgehead atoms. The molecule has 0 spiro atoms. The molecule has 28 heavy (non-hydrogen) atoms. The Morgan fingerprint density at radius 1 is 1.18 bits per heavy atom. The van der Waals surface area contributed by atoms with Gasteiger partial charge in [0.15, 0.2) is 0 Å². The van der Waals surface area contributed by atoms with Gasteiger partial charge in [-0.3, -0.25) is 14.5 Å². The lowest BCUT2D eigenvalue weighted by Gasteiger charge is -2.23. The fraction of sp³-hybridized carbons (Fsp3) is 0.619. The van der Waals surface area contributed by atoms with Crippen molar-refractivity contribution in [3.63, 3.8) is 0 Å². The molecule has 1 aliphatic carbocycles. The Hall–Kier alpha value is -1.96. The average Bonchev–Trinajstić information content (AvgIpc) is 2.91. The highest BCUT2D eigenvalue weighted by Crippen LogP contribution is 2.21. The van der Waals surface area contributed by atoms with Crippen molar-refractivity contribution >= 4 is 11.8 Å². The monoisotopic (exact) mass is 387 g/mol. The second-order valence-corrected chi connectivity index (χ2v) is 7.81. The predicted octanol–water partition coefficient (Wildman–Crippen LogP) is -0.211. The number of amides is 2. The minimum absolute atomic E-state index is 0.0891. The van der Waals surface area contributed by atoms with E-state index in [0.717, 1.165) is 45.4 Å². The highest BCUT2D eigenvalue weighted by Gasteiger charge is 2.27. The molecular weight excluding hydrogens is 354 g/mol. The molecule has 1 aromatic rings. The van der Waals surface area contributed by atoms with Crippen LogP contribution < -0.4 is 21.7 Å². The predicted molar refractivity (Wildman–Crippen MR) is 110 cm³/mol. The molecule has 2 aliphatic rings. The SMILES string of the molecule is NCCC[C@@H](NC(=O)CN1CCCNCC1)C(=O)NC1Cc2ccccc2C1. The molecule has 3 rings (SSSR count). The van der Waals surface area contributed by atoms with Crippen molar-refractivity contribution in [2.75, 3.05) is 39.3 Å². The Labute approximate surface area is 167 Å². The summed E-state index contributed by atoms with van der Waals surface area (Å²) in [5.41, 5.74) is 8.23. The Morgan fingerprint density at radius 3 is 2.64 bits per heavy atom. The van der Waals surface area contributed by atoms with E-state index in [0.29, 0.717) is 25.9 Å². The van der Waals surface area contributed by atoms with Crippen molar-refractivity contribution in [2.45, 2.75) is 44.2 Å². The molecule has 0 radical (unpaired) electrons. The number of fused-ring (bicyclic) bond motifs is 1. The van der Waals surface area contributed by atoms with Crippen LogP contribution in [0.25, 0.3) is 0 Å². The second kappa shape index (κ2) is 10.5. The molecular formula is C21H33N5O2. The fourth-order valence-electron chi connectivity index (χ4n) is 4.06. The lowest BCUT2D eigenvalue weighted by atomic mass is 10.1. The maximum absolute atomic E-state index is 12.8. The van der Waals surface area contributed by atoms with Crippen LogP contribution in [0.3, 0.4) is 0 Å². The minimum atomic E-state index is -0.523. The molecule has 7 nitrogen and oxygen atoms in total. The summed E-state index contributed by atoms with van der Waals surface area (Å²) in [6, 6.07) is 7.87. The van der Waals surface area contributed by atoms with E-state index in [2.05, 4.69) is 33.0 Å². The summed E-state index contributed by atoms with van der Waals surface area (Å²) in [5.74, 6) is -0.189. The van der Waals surface area contributed by atoms with Crippen LogP contribution >= 0.6 is 0 Å². The molecule has 1 heterocycles. The largest absolute Gasteiger partial charge is 0.351 e. The van der Waals surface area contributed by atoms with Crippen molar-refractivity contribution in [1.82, 2.24) is 20.9 Å². The Kier molecular flexibility index (Phi) is 7.82. The van der Waals surface area contributed by atoms with Crippen LogP contribution in [-0.2, 0) is 22.4 Å². The third-order valence-corrected chi connectivity index (χ3v) is 5.55. The third-order valence-electron chi connectivity index (χ3n) is 5.55. The maximum atomic E-state index is 12.8. The Bertz CT molecular complexity index is 633. The molecule has 1 atom stereocenters.